The summed E-state index contributed by atoms with van der Waals surface area (Å²) in [7, 11) is 2.89. The number of hydrogen-bond donors (Lipinski definition) is 2. The molecule has 0 heterocycles. The molecular weight excluding hydrogens is 469 g/mol. The van der Waals surface area contributed by atoms with E-state index >= 15 is 0 Å². The molecule has 0 aliphatic heterocycles. The van der Waals surface area contributed by atoms with E-state index in [2.05, 4.69) is 10.6 Å². The zero-order chi connectivity index (χ0) is 24.8. The molecule has 2 aromatic carbocycles. The number of methoxy groups -OCH3 is 1. The molecule has 13 heteroatoms. The number of carbonyl (C=O) groups is 2. The van der Waals surface area contributed by atoms with E-state index in [1.54, 1.807) is 0 Å². The van der Waals surface area contributed by atoms with Gasteiger partial charge in [0.25, 0.3) is 5.69 Å². The lowest BCUT2D eigenvalue weighted by molar-refractivity contribution is -0.384. The van der Waals surface area contributed by atoms with E-state index in [0.717, 1.165) is 12.1 Å². The molecule has 178 valence electrons. The SMILES string of the molecule is COc1ccc(NC(=O)CCN(C)CC(=O)Nc2ccc(Cl)c(C(F)(F)F)c2)c([N+](=O)[O-])c1. The van der Waals surface area contributed by atoms with Gasteiger partial charge in [0.05, 0.1) is 35.2 Å². The van der Waals surface area contributed by atoms with Gasteiger partial charge in [-0.15, -0.1) is 0 Å². The number of alkyl halides is 3. The molecule has 0 saturated carbocycles. The Morgan fingerprint density at radius 1 is 1.15 bits per heavy atom. The van der Waals surface area contributed by atoms with Crippen molar-refractivity contribution in [2.75, 3.05) is 37.9 Å². The van der Waals surface area contributed by atoms with Gasteiger partial charge in [0, 0.05) is 18.7 Å². The Bertz CT molecular complexity index is 1050. The molecule has 0 aliphatic carbocycles. The summed E-state index contributed by atoms with van der Waals surface area (Å²) in [5, 5.41) is 15.5. The highest BCUT2D eigenvalue weighted by Gasteiger charge is 2.33. The molecule has 0 radical (unpaired) electrons. The maximum absolute atomic E-state index is 12.9. The van der Waals surface area contributed by atoms with Crippen LogP contribution in [0.1, 0.15) is 12.0 Å². The van der Waals surface area contributed by atoms with E-state index in [9.17, 15) is 32.9 Å². The fourth-order valence-electron chi connectivity index (χ4n) is 2.75. The van der Waals surface area contributed by atoms with E-state index in [0.29, 0.717) is 0 Å². The van der Waals surface area contributed by atoms with Gasteiger partial charge in [0.15, 0.2) is 0 Å². The Balaban J connectivity index is 1.89. The molecule has 9 nitrogen and oxygen atoms in total. The quantitative estimate of drug-likeness (QED) is 0.404. The maximum atomic E-state index is 12.9. The molecule has 2 rings (SSSR count). The molecule has 2 amide bonds. The van der Waals surface area contributed by atoms with Gasteiger partial charge >= 0.3 is 6.18 Å². The summed E-state index contributed by atoms with van der Waals surface area (Å²) in [4.78, 5) is 36.3. The zero-order valence-corrected chi connectivity index (χ0v) is 18.3. The van der Waals surface area contributed by atoms with Gasteiger partial charge in [-0.05, 0) is 37.4 Å². The summed E-state index contributed by atoms with van der Waals surface area (Å²) in [6, 6.07) is 6.98. The van der Waals surface area contributed by atoms with Crippen molar-refractivity contribution in [3.8, 4) is 5.75 Å². The van der Waals surface area contributed by atoms with Crippen LogP contribution in [0.2, 0.25) is 5.02 Å². The summed E-state index contributed by atoms with van der Waals surface area (Å²) >= 11 is 5.55. The minimum absolute atomic E-state index is 0.00518. The van der Waals surface area contributed by atoms with Crippen molar-refractivity contribution < 1.29 is 32.4 Å². The highest BCUT2D eigenvalue weighted by Crippen LogP contribution is 2.36. The molecule has 0 atom stereocenters. The third-order valence-electron chi connectivity index (χ3n) is 4.37. The van der Waals surface area contributed by atoms with Gasteiger partial charge in [-0.1, -0.05) is 11.6 Å². The van der Waals surface area contributed by atoms with Crippen molar-refractivity contribution in [3.63, 3.8) is 0 Å². The molecule has 0 fully saturated rings. The number of halogens is 4. The van der Waals surface area contributed by atoms with E-state index in [1.165, 1.54) is 43.3 Å². The molecule has 2 N–H and O–H groups in total. The van der Waals surface area contributed by atoms with Crippen molar-refractivity contribution >= 4 is 40.5 Å². The van der Waals surface area contributed by atoms with Crippen molar-refractivity contribution in [1.29, 1.82) is 0 Å². The predicted octanol–water partition coefficient (Wildman–Crippen LogP) is 4.17. The topological polar surface area (TPSA) is 114 Å². The number of benzene rings is 2. The summed E-state index contributed by atoms with van der Waals surface area (Å²) in [6.45, 7) is -0.0996. The number of hydrogen-bond acceptors (Lipinski definition) is 6. The first-order valence-corrected chi connectivity index (χ1v) is 9.76. The van der Waals surface area contributed by atoms with Crippen LogP contribution in [0, 0.1) is 10.1 Å². The summed E-state index contributed by atoms with van der Waals surface area (Å²) in [5.41, 5.74) is -1.49. The lowest BCUT2D eigenvalue weighted by atomic mass is 10.2. The molecule has 0 aliphatic rings. The smallest absolute Gasteiger partial charge is 0.417 e. The Morgan fingerprint density at radius 2 is 1.85 bits per heavy atom. The second-order valence-electron chi connectivity index (χ2n) is 6.92. The highest BCUT2D eigenvalue weighted by atomic mass is 35.5. The van der Waals surface area contributed by atoms with Crippen LogP contribution in [0.15, 0.2) is 36.4 Å². The number of anilines is 2. The fraction of sp³-hybridized carbons (Fsp3) is 0.300. The average molecular weight is 489 g/mol. The number of nitrogens with one attached hydrogen (secondary N) is 2. The number of carbonyl (C=O) groups excluding carboxylic acids is 2. The normalized spacial score (nSPS) is 11.2. The van der Waals surface area contributed by atoms with Crippen molar-refractivity contribution in [2.24, 2.45) is 0 Å². The van der Waals surface area contributed by atoms with Gasteiger partial charge in [-0.2, -0.15) is 13.2 Å². The Labute approximate surface area is 191 Å². The van der Waals surface area contributed by atoms with Gasteiger partial charge < -0.3 is 15.4 Å². The molecular formula is C20H20ClF3N4O5. The second-order valence-corrected chi connectivity index (χ2v) is 7.32. The first kappa shape index (κ1) is 25.9. The number of amides is 2. The summed E-state index contributed by atoms with van der Waals surface area (Å²) in [5.74, 6) is -0.865. The van der Waals surface area contributed by atoms with Gasteiger partial charge in [0.1, 0.15) is 11.4 Å². The fourth-order valence-corrected chi connectivity index (χ4v) is 2.97. The zero-order valence-electron chi connectivity index (χ0n) is 17.5. The van der Waals surface area contributed by atoms with Crippen LogP contribution in [0.25, 0.3) is 0 Å². The third-order valence-corrected chi connectivity index (χ3v) is 4.69. The minimum atomic E-state index is -4.67. The van der Waals surface area contributed by atoms with Crippen molar-refractivity contribution in [2.45, 2.75) is 12.6 Å². The van der Waals surface area contributed by atoms with Crippen molar-refractivity contribution in [3.05, 3.63) is 57.1 Å². The van der Waals surface area contributed by atoms with Crippen LogP contribution in [0.4, 0.5) is 30.2 Å². The van der Waals surface area contributed by atoms with Crippen LogP contribution >= 0.6 is 11.6 Å². The first-order chi connectivity index (χ1) is 15.4. The van der Waals surface area contributed by atoms with Crippen LogP contribution in [-0.4, -0.2) is 48.9 Å². The summed E-state index contributed by atoms with van der Waals surface area (Å²) < 4.78 is 43.7. The van der Waals surface area contributed by atoms with E-state index in [1.807, 2.05) is 0 Å². The largest absolute Gasteiger partial charge is 0.496 e. The van der Waals surface area contributed by atoms with Crippen LogP contribution in [-0.2, 0) is 15.8 Å². The van der Waals surface area contributed by atoms with Crippen LogP contribution < -0.4 is 15.4 Å². The second kappa shape index (κ2) is 11.0. The maximum Gasteiger partial charge on any atom is 0.417 e. The van der Waals surface area contributed by atoms with Crippen molar-refractivity contribution in [1.82, 2.24) is 4.90 Å². The van der Waals surface area contributed by atoms with Gasteiger partial charge in [-0.3, -0.25) is 24.6 Å². The molecule has 0 unspecified atom stereocenters. The number of nitrogens with zero attached hydrogens (tertiary/aromatic N) is 2. The molecule has 33 heavy (non-hydrogen) atoms. The third kappa shape index (κ3) is 7.61. The number of ether oxygens (including phenoxy) is 1. The van der Waals surface area contributed by atoms with Crippen LogP contribution in [0.5, 0.6) is 5.75 Å². The van der Waals surface area contributed by atoms with Gasteiger partial charge in [0.2, 0.25) is 11.8 Å². The molecule has 2 aromatic rings. The van der Waals surface area contributed by atoms with E-state index < -0.39 is 33.5 Å². The van der Waals surface area contributed by atoms with Crippen LogP contribution in [0.3, 0.4) is 0 Å². The molecule has 0 aromatic heterocycles. The number of rotatable bonds is 9. The number of likely N-dealkylation sites (N-methyl/N-ethyl adjacent to an activating group) is 1. The minimum Gasteiger partial charge on any atom is -0.496 e. The molecule has 0 bridgehead atoms. The Kier molecular flexibility index (Phi) is 8.60. The Morgan fingerprint density at radius 3 is 2.45 bits per heavy atom. The highest BCUT2D eigenvalue weighted by molar-refractivity contribution is 6.31. The summed E-state index contributed by atoms with van der Waals surface area (Å²) in [6.07, 6.45) is -4.76. The monoisotopic (exact) mass is 488 g/mol. The molecule has 0 spiro atoms. The lowest BCUT2D eigenvalue weighted by Crippen LogP contribution is -2.32. The Hall–Kier alpha value is -3.38. The van der Waals surface area contributed by atoms with E-state index in [4.69, 9.17) is 16.3 Å². The first-order valence-electron chi connectivity index (χ1n) is 9.38. The number of nitro benzene ring substituents is 1. The standard InChI is InChI=1S/C20H20ClF3N4O5/c1-27(11-19(30)25-12-3-5-15(21)14(9-12)20(22,23)24)8-7-18(29)26-16-6-4-13(33-2)10-17(16)28(31)32/h3-6,9-10H,7-8,11H2,1-2H3,(H,25,30)(H,26,29). The average Bonchev–Trinajstić information content (AvgIpc) is 2.73. The predicted molar refractivity (Wildman–Crippen MR) is 115 cm³/mol. The lowest BCUT2D eigenvalue weighted by Gasteiger charge is -2.17. The molecule has 0 saturated heterocycles. The number of nitro groups is 1. The van der Waals surface area contributed by atoms with E-state index in [-0.39, 0.29) is 42.3 Å². The van der Waals surface area contributed by atoms with Gasteiger partial charge in [-0.25, -0.2) is 0 Å².